The fourth-order valence-electron chi connectivity index (χ4n) is 1.82. The van der Waals surface area contributed by atoms with Gasteiger partial charge in [-0.05, 0) is 31.5 Å². The fraction of sp³-hybridized carbons (Fsp3) is 0.267. The Morgan fingerprint density at radius 1 is 1.32 bits per heavy atom. The van der Waals surface area contributed by atoms with Crippen molar-refractivity contribution in [2.24, 2.45) is 0 Å². The molecule has 7 heteroatoms. The molecule has 0 spiro atoms. The third kappa shape index (κ3) is 4.33. The van der Waals surface area contributed by atoms with E-state index in [2.05, 4.69) is 15.6 Å². The molecule has 2 N–H and O–H groups in total. The second-order valence-corrected chi connectivity index (χ2v) is 5.31. The van der Waals surface area contributed by atoms with E-state index >= 15 is 0 Å². The number of nitrogens with one attached hydrogen (secondary N) is 2. The number of amides is 2. The van der Waals surface area contributed by atoms with E-state index in [0.29, 0.717) is 29.5 Å². The Morgan fingerprint density at radius 2 is 2.09 bits per heavy atom. The van der Waals surface area contributed by atoms with Gasteiger partial charge in [-0.25, -0.2) is 9.78 Å². The summed E-state index contributed by atoms with van der Waals surface area (Å²) >= 11 is 6.00. The first-order valence-electron chi connectivity index (χ1n) is 6.80. The number of aromatic nitrogens is 2. The third-order valence-electron chi connectivity index (χ3n) is 3.08. The first kappa shape index (κ1) is 16.0. The molecule has 0 aliphatic heterocycles. The van der Waals surface area contributed by atoms with E-state index in [-0.39, 0.29) is 11.6 Å². The summed E-state index contributed by atoms with van der Waals surface area (Å²) in [6.07, 6.45) is 1.47. The number of benzene rings is 1. The van der Waals surface area contributed by atoms with E-state index in [4.69, 9.17) is 11.6 Å². The van der Waals surface area contributed by atoms with E-state index in [1.807, 2.05) is 13.0 Å². The summed E-state index contributed by atoms with van der Waals surface area (Å²) in [5.74, 6) is 0. The number of hydrogen-bond donors (Lipinski definition) is 2. The Labute approximate surface area is 133 Å². The summed E-state index contributed by atoms with van der Waals surface area (Å²) < 4.78 is 1.44. The molecular weight excluding hydrogens is 304 g/mol. The number of aryl methyl sites for hydroxylation is 2. The smallest absolute Gasteiger partial charge is 0.319 e. The van der Waals surface area contributed by atoms with Crippen LogP contribution in [0.25, 0.3) is 0 Å². The van der Waals surface area contributed by atoms with Crippen molar-refractivity contribution in [3.63, 3.8) is 0 Å². The van der Waals surface area contributed by atoms with Crippen LogP contribution in [0.4, 0.5) is 10.5 Å². The molecule has 2 aromatic rings. The molecule has 0 radical (unpaired) electrons. The van der Waals surface area contributed by atoms with Crippen LogP contribution in [-0.4, -0.2) is 22.1 Å². The normalized spacial score (nSPS) is 10.3. The van der Waals surface area contributed by atoms with Crippen LogP contribution in [0.2, 0.25) is 5.02 Å². The minimum atomic E-state index is -0.354. The van der Waals surface area contributed by atoms with Crippen molar-refractivity contribution in [3.05, 3.63) is 57.2 Å². The van der Waals surface area contributed by atoms with Crippen LogP contribution in [0.5, 0.6) is 0 Å². The molecule has 0 saturated carbocycles. The molecule has 0 aliphatic carbocycles. The van der Waals surface area contributed by atoms with Gasteiger partial charge in [0.1, 0.15) is 0 Å². The second-order valence-electron chi connectivity index (χ2n) is 4.91. The van der Waals surface area contributed by atoms with Crippen molar-refractivity contribution in [2.45, 2.75) is 20.4 Å². The highest BCUT2D eigenvalue weighted by Gasteiger charge is 2.04. The van der Waals surface area contributed by atoms with Gasteiger partial charge in [0.2, 0.25) is 0 Å². The second kappa shape index (κ2) is 7.09. The fourth-order valence-corrected chi connectivity index (χ4v) is 2.00. The Bertz CT molecular complexity index is 743. The zero-order valence-corrected chi connectivity index (χ0v) is 13.1. The molecule has 2 amide bonds. The molecule has 6 nitrogen and oxygen atoms in total. The predicted molar refractivity (Wildman–Crippen MR) is 86.4 cm³/mol. The first-order chi connectivity index (χ1) is 10.5. The highest BCUT2D eigenvalue weighted by atomic mass is 35.5. The largest absolute Gasteiger partial charge is 0.336 e. The predicted octanol–water partition coefficient (Wildman–Crippen LogP) is 2.34. The maximum atomic E-state index is 11.8. The number of hydrogen-bond acceptors (Lipinski definition) is 3. The van der Waals surface area contributed by atoms with Gasteiger partial charge >= 0.3 is 6.03 Å². The molecule has 1 aromatic carbocycles. The third-order valence-corrected chi connectivity index (χ3v) is 3.49. The van der Waals surface area contributed by atoms with Gasteiger partial charge < -0.3 is 10.6 Å². The number of halogens is 1. The van der Waals surface area contributed by atoms with Crippen LogP contribution >= 0.6 is 11.6 Å². The number of rotatable bonds is 4. The van der Waals surface area contributed by atoms with Gasteiger partial charge in [-0.3, -0.25) is 9.36 Å². The monoisotopic (exact) mass is 320 g/mol. The van der Waals surface area contributed by atoms with Crippen molar-refractivity contribution in [3.8, 4) is 0 Å². The standard InChI is InChI=1S/C15H17ClN4O2/c1-10-3-4-12(8-13(10)16)19-15(22)17-5-6-20-9-18-11(2)7-14(20)21/h3-4,7-9H,5-6H2,1-2H3,(H2,17,19,22). The van der Waals surface area contributed by atoms with Crippen molar-refractivity contribution in [1.29, 1.82) is 0 Å². The molecule has 1 aromatic heterocycles. The zero-order valence-electron chi connectivity index (χ0n) is 12.4. The van der Waals surface area contributed by atoms with Crippen LogP contribution in [0.1, 0.15) is 11.3 Å². The highest BCUT2D eigenvalue weighted by molar-refractivity contribution is 6.31. The van der Waals surface area contributed by atoms with Gasteiger partial charge in [-0.15, -0.1) is 0 Å². The van der Waals surface area contributed by atoms with Gasteiger partial charge in [0, 0.05) is 35.6 Å². The lowest BCUT2D eigenvalue weighted by Gasteiger charge is -2.09. The lowest BCUT2D eigenvalue weighted by molar-refractivity contribution is 0.251. The SMILES string of the molecule is Cc1cc(=O)n(CCNC(=O)Nc2ccc(C)c(Cl)c2)cn1. The maximum absolute atomic E-state index is 11.8. The molecule has 2 rings (SSSR count). The molecule has 0 fully saturated rings. The molecular formula is C15H17ClN4O2. The summed E-state index contributed by atoms with van der Waals surface area (Å²) in [4.78, 5) is 27.5. The number of anilines is 1. The number of nitrogens with zero attached hydrogens (tertiary/aromatic N) is 2. The van der Waals surface area contributed by atoms with Crippen molar-refractivity contribution in [1.82, 2.24) is 14.9 Å². The van der Waals surface area contributed by atoms with E-state index in [1.165, 1.54) is 17.0 Å². The lowest BCUT2D eigenvalue weighted by atomic mass is 10.2. The van der Waals surface area contributed by atoms with Crippen LogP contribution in [0, 0.1) is 13.8 Å². The zero-order chi connectivity index (χ0) is 16.1. The van der Waals surface area contributed by atoms with Crippen LogP contribution in [0.15, 0.2) is 35.4 Å². The van der Waals surface area contributed by atoms with Crippen molar-refractivity contribution < 1.29 is 4.79 Å². The summed E-state index contributed by atoms with van der Waals surface area (Å²) in [5.41, 5.74) is 2.09. The quantitative estimate of drug-likeness (QED) is 0.907. The molecule has 22 heavy (non-hydrogen) atoms. The molecule has 0 saturated heterocycles. The summed E-state index contributed by atoms with van der Waals surface area (Å²) in [5, 5.41) is 5.95. The van der Waals surface area contributed by atoms with Crippen molar-refractivity contribution in [2.75, 3.05) is 11.9 Å². The molecule has 0 atom stereocenters. The summed E-state index contributed by atoms with van der Waals surface area (Å²) in [6, 6.07) is 6.39. The molecule has 0 unspecified atom stereocenters. The Balaban J connectivity index is 1.85. The average Bonchev–Trinajstić information content (AvgIpc) is 2.45. The van der Waals surface area contributed by atoms with Gasteiger partial charge in [0.15, 0.2) is 0 Å². The van der Waals surface area contributed by atoms with Gasteiger partial charge in [0.25, 0.3) is 5.56 Å². The minimum absolute atomic E-state index is 0.139. The molecule has 0 bridgehead atoms. The van der Waals surface area contributed by atoms with Gasteiger partial charge in [-0.2, -0.15) is 0 Å². The maximum Gasteiger partial charge on any atom is 0.319 e. The number of carbonyl (C=O) groups excluding carboxylic acids is 1. The van der Waals surface area contributed by atoms with E-state index in [0.717, 1.165) is 5.56 Å². The van der Waals surface area contributed by atoms with E-state index in [1.54, 1.807) is 19.1 Å². The number of urea groups is 1. The Kier molecular flexibility index (Phi) is 5.16. The average molecular weight is 321 g/mol. The minimum Gasteiger partial charge on any atom is -0.336 e. The Hall–Kier alpha value is -2.34. The molecule has 0 aliphatic rings. The van der Waals surface area contributed by atoms with E-state index in [9.17, 15) is 9.59 Å². The van der Waals surface area contributed by atoms with Crippen LogP contribution in [0.3, 0.4) is 0 Å². The number of carbonyl (C=O) groups is 1. The van der Waals surface area contributed by atoms with Crippen molar-refractivity contribution >= 4 is 23.3 Å². The highest BCUT2D eigenvalue weighted by Crippen LogP contribution is 2.19. The molecule has 1 heterocycles. The lowest BCUT2D eigenvalue weighted by Crippen LogP contribution is -2.33. The first-order valence-corrected chi connectivity index (χ1v) is 7.17. The molecule has 116 valence electrons. The Morgan fingerprint density at radius 3 is 2.77 bits per heavy atom. The van der Waals surface area contributed by atoms with Gasteiger partial charge in [0.05, 0.1) is 6.33 Å². The summed E-state index contributed by atoms with van der Waals surface area (Å²) in [7, 11) is 0. The van der Waals surface area contributed by atoms with Crippen LogP contribution in [-0.2, 0) is 6.54 Å². The summed E-state index contributed by atoms with van der Waals surface area (Å²) in [6.45, 7) is 4.31. The topological polar surface area (TPSA) is 76.0 Å². The van der Waals surface area contributed by atoms with E-state index < -0.39 is 0 Å². The van der Waals surface area contributed by atoms with Crippen LogP contribution < -0.4 is 16.2 Å². The van der Waals surface area contributed by atoms with Gasteiger partial charge in [-0.1, -0.05) is 17.7 Å².